The Balaban J connectivity index is 2.02. The van der Waals surface area contributed by atoms with E-state index in [1.54, 1.807) is 13.0 Å². The molecule has 23 heavy (non-hydrogen) atoms. The van der Waals surface area contributed by atoms with Gasteiger partial charge in [0.25, 0.3) is 5.91 Å². The molecule has 0 aliphatic rings. The summed E-state index contributed by atoms with van der Waals surface area (Å²) in [6.45, 7) is 1.76. The van der Waals surface area contributed by atoms with Gasteiger partial charge >= 0.3 is 11.8 Å². The molecule has 0 fully saturated rings. The van der Waals surface area contributed by atoms with Crippen LogP contribution in [0.5, 0.6) is 5.75 Å². The normalized spacial score (nSPS) is 9.96. The second kappa shape index (κ2) is 6.61. The summed E-state index contributed by atoms with van der Waals surface area (Å²) >= 11 is 0. The van der Waals surface area contributed by atoms with Gasteiger partial charge in [-0.2, -0.15) is 0 Å². The van der Waals surface area contributed by atoms with Crippen LogP contribution in [0.25, 0.3) is 0 Å². The highest BCUT2D eigenvalue weighted by molar-refractivity contribution is 6.42. The standard InChI is InChI=1S/C16H15N3O4/c1-9-2-7-13(20)12(8-9)18-15(22)16(23)19-14(21)10-3-5-11(17)6-4-10/h2-8,20H,17H2,1H3,(H,18,22)(H,19,21,23). The second-order valence-electron chi connectivity index (χ2n) is 4.88. The summed E-state index contributed by atoms with van der Waals surface area (Å²) in [7, 11) is 0. The van der Waals surface area contributed by atoms with Crippen molar-refractivity contribution in [2.45, 2.75) is 6.92 Å². The lowest BCUT2D eigenvalue weighted by molar-refractivity contribution is -0.135. The van der Waals surface area contributed by atoms with E-state index in [1.165, 1.54) is 36.4 Å². The number of phenols is 1. The van der Waals surface area contributed by atoms with Crippen molar-refractivity contribution in [1.82, 2.24) is 5.32 Å². The Morgan fingerprint density at radius 3 is 2.30 bits per heavy atom. The highest BCUT2D eigenvalue weighted by atomic mass is 16.3. The monoisotopic (exact) mass is 313 g/mol. The van der Waals surface area contributed by atoms with Gasteiger partial charge in [-0.1, -0.05) is 6.07 Å². The first-order valence-corrected chi connectivity index (χ1v) is 6.68. The lowest BCUT2D eigenvalue weighted by Crippen LogP contribution is -2.39. The quantitative estimate of drug-likeness (QED) is 0.377. The van der Waals surface area contributed by atoms with Gasteiger partial charge in [-0.15, -0.1) is 0 Å². The Labute approximate surface area is 132 Å². The highest BCUT2D eigenvalue weighted by Crippen LogP contribution is 2.23. The lowest BCUT2D eigenvalue weighted by atomic mass is 10.2. The number of hydrogen-bond acceptors (Lipinski definition) is 5. The third kappa shape index (κ3) is 4.07. The molecule has 2 aromatic rings. The lowest BCUT2D eigenvalue weighted by Gasteiger charge is -2.08. The van der Waals surface area contributed by atoms with E-state index in [4.69, 9.17) is 5.73 Å². The first-order valence-electron chi connectivity index (χ1n) is 6.68. The molecule has 0 aliphatic carbocycles. The van der Waals surface area contributed by atoms with Crippen molar-refractivity contribution >= 4 is 29.1 Å². The van der Waals surface area contributed by atoms with E-state index >= 15 is 0 Å². The first-order chi connectivity index (χ1) is 10.9. The number of aryl methyl sites for hydroxylation is 1. The van der Waals surface area contributed by atoms with Crippen LogP contribution in [0, 0.1) is 6.92 Å². The van der Waals surface area contributed by atoms with Gasteiger partial charge in [-0.25, -0.2) is 0 Å². The molecule has 0 heterocycles. The minimum atomic E-state index is -1.13. The topological polar surface area (TPSA) is 122 Å². The average molecular weight is 313 g/mol. The molecule has 0 saturated carbocycles. The van der Waals surface area contributed by atoms with Gasteiger partial charge in [0.1, 0.15) is 5.75 Å². The van der Waals surface area contributed by atoms with Crippen molar-refractivity contribution in [3.8, 4) is 5.75 Å². The molecule has 0 bridgehead atoms. The van der Waals surface area contributed by atoms with Crippen LogP contribution in [0.15, 0.2) is 42.5 Å². The number of nitrogens with one attached hydrogen (secondary N) is 2. The van der Waals surface area contributed by atoms with E-state index in [0.717, 1.165) is 5.56 Å². The molecule has 0 saturated heterocycles. The molecule has 7 heteroatoms. The zero-order valence-corrected chi connectivity index (χ0v) is 12.3. The number of hydrogen-bond donors (Lipinski definition) is 4. The van der Waals surface area contributed by atoms with Gasteiger partial charge in [0.05, 0.1) is 5.69 Å². The van der Waals surface area contributed by atoms with Crippen molar-refractivity contribution in [2.24, 2.45) is 0 Å². The molecule has 0 spiro atoms. The molecule has 0 radical (unpaired) electrons. The molecule has 3 amide bonds. The third-order valence-corrected chi connectivity index (χ3v) is 3.01. The number of aromatic hydroxyl groups is 1. The van der Waals surface area contributed by atoms with Gasteiger partial charge in [0.2, 0.25) is 0 Å². The van der Waals surface area contributed by atoms with E-state index in [0.29, 0.717) is 5.69 Å². The van der Waals surface area contributed by atoms with Gasteiger partial charge in [0.15, 0.2) is 0 Å². The van der Waals surface area contributed by atoms with Crippen LogP contribution in [0.2, 0.25) is 0 Å². The molecule has 5 N–H and O–H groups in total. The molecule has 0 unspecified atom stereocenters. The van der Waals surface area contributed by atoms with E-state index in [-0.39, 0.29) is 17.0 Å². The average Bonchev–Trinajstić information content (AvgIpc) is 2.51. The van der Waals surface area contributed by atoms with Crippen LogP contribution in [0.1, 0.15) is 15.9 Å². The number of carbonyl (C=O) groups is 3. The fourth-order valence-corrected chi connectivity index (χ4v) is 1.80. The van der Waals surface area contributed by atoms with Crippen LogP contribution < -0.4 is 16.4 Å². The highest BCUT2D eigenvalue weighted by Gasteiger charge is 2.19. The first kappa shape index (κ1) is 16.0. The summed E-state index contributed by atoms with van der Waals surface area (Å²) in [5.41, 5.74) is 7.04. The molecule has 2 rings (SSSR count). The smallest absolute Gasteiger partial charge is 0.316 e. The molecule has 0 atom stereocenters. The number of imide groups is 1. The van der Waals surface area contributed by atoms with Crippen molar-refractivity contribution in [1.29, 1.82) is 0 Å². The van der Waals surface area contributed by atoms with Crippen molar-refractivity contribution in [2.75, 3.05) is 11.1 Å². The molecule has 2 aromatic carbocycles. The summed E-state index contributed by atoms with van der Waals surface area (Å²) in [6.07, 6.45) is 0. The molecular formula is C16H15N3O4. The van der Waals surface area contributed by atoms with E-state index in [1.807, 2.05) is 5.32 Å². The number of amides is 3. The summed E-state index contributed by atoms with van der Waals surface area (Å²) in [5, 5.41) is 13.8. The zero-order valence-electron chi connectivity index (χ0n) is 12.3. The predicted octanol–water partition coefficient (Wildman–Crippen LogP) is 1.18. The van der Waals surface area contributed by atoms with E-state index < -0.39 is 17.7 Å². The Kier molecular flexibility index (Phi) is 4.61. The predicted molar refractivity (Wildman–Crippen MR) is 84.8 cm³/mol. The van der Waals surface area contributed by atoms with Crippen LogP contribution in [-0.2, 0) is 9.59 Å². The van der Waals surface area contributed by atoms with Crippen LogP contribution >= 0.6 is 0 Å². The molecule has 7 nitrogen and oxygen atoms in total. The maximum Gasteiger partial charge on any atom is 0.316 e. The SMILES string of the molecule is Cc1ccc(O)c(NC(=O)C(=O)NC(=O)c2ccc(N)cc2)c1. The summed E-state index contributed by atoms with van der Waals surface area (Å²) in [5.74, 6) is -3.09. The fraction of sp³-hybridized carbons (Fsp3) is 0.0625. The van der Waals surface area contributed by atoms with Gasteiger partial charge in [-0.05, 0) is 48.9 Å². The zero-order chi connectivity index (χ0) is 17.0. The number of phenolic OH excluding ortho intramolecular Hbond substituents is 1. The van der Waals surface area contributed by atoms with E-state index in [2.05, 4.69) is 5.32 Å². The van der Waals surface area contributed by atoms with Gasteiger partial charge in [0, 0.05) is 11.3 Å². The largest absolute Gasteiger partial charge is 0.506 e. The van der Waals surface area contributed by atoms with Gasteiger partial charge in [-0.3, -0.25) is 19.7 Å². The fourth-order valence-electron chi connectivity index (χ4n) is 1.80. The minimum absolute atomic E-state index is 0.0880. The minimum Gasteiger partial charge on any atom is -0.506 e. The number of benzene rings is 2. The Morgan fingerprint density at radius 1 is 1.00 bits per heavy atom. The van der Waals surface area contributed by atoms with Crippen LogP contribution in [-0.4, -0.2) is 22.8 Å². The number of rotatable bonds is 2. The maximum atomic E-state index is 11.8. The van der Waals surface area contributed by atoms with Crippen molar-refractivity contribution in [3.63, 3.8) is 0 Å². The summed E-state index contributed by atoms with van der Waals surface area (Å²) in [4.78, 5) is 35.4. The number of carbonyl (C=O) groups excluding carboxylic acids is 3. The Bertz CT molecular complexity index is 769. The molecule has 118 valence electrons. The van der Waals surface area contributed by atoms with E-state index in [9.17, 15) is 19.5 Å². The third-order valence-electron chi connectivity index (χ3n) is 3.01. The number of nitrogen functional groups attached to an aromatic ring is 1. The molecular weight excluding hydrogens is 298 g/mol. The Hall–Kier alpha value is -3.35. The number of nitrogens with two attached hydrogens (primary N) is 1. The Morgan fingerprint density at radius 2 is 1.65 bits per heavy atom. The van der Waals surface area contributed by atoms with Crippen LogP contribution in [0.4, 0.5) is 11.4 Å². The molecule has 0 aliphatic heterocycles. The van der Waals surface area contributed by atoms with Crippen molar-refractivity contribution in [3.05, 3.63) is 53.6 Å². The number of anilines is 2. The summed E-state index contributed by atoms with van der Waals surface area (Å²) in [6, 6.07) is 10.4. The van der Waals surface area contributed by atoms with Crippen molar-refractivity contribution < 1.29 is 19.5 Å². The maximum absolute atomic E-state index is 11.8. The summed E-state index contributed by atoms with van der Waals surface area (Å²) < 4.78 is 0. The van der Waals surface area contributed by atoms with Gasteiger partial charge < -0.3 is 16.2 Å². The second-order valence-corrected chi connectivity index (χ2v) is 4.88. The molecule has 0 aromatic heterocycles. The van der Waals surface area contributed by atoms with Crippen LogP contribution in [0.3, 0.4) is 0 Å².